The lowest BCUT2D eigenvalue weighted by atomic mass is 10.1. The number of rotatable bonds is 4. The van der Waals surface area contributed by atoms with Crippen molar-refractivity contribution in [2.45, 2.75) is 19.4 Å². The molecule has 0 aliphatic carbocycles. The Balaban J connectivity index is 2.11. The van der Waals surface area contributed by atoms with Crippen molar-refractivity contribution >= 4 is 22.9 Å². The molecule has 0 aliphatic rings. The number of hydrogen-bond acceptors (Lipinski definition) is 3. The van der Waals surface area contributed by atoms with Crippen molar-refractivity contribution in [1.82, 2.24) is 4.90 Å². The molecule has 106 valence electrons. The number of thiophene rings is 1. The first-order valence-corrected chi connectivity index (χ1v) is 7.21. The summed E-state index contributed by atoms with van der Waals surface area (Å²) < 4.78 is 13.3. The van der Waals surface area contributed by atoms with Crippen molar-refractivity contribution in [3.05, 3.63) is 52.0 Å². The molecule has 0 saturated heterocycles. The molecule has 2 rings (SSSR count). The smallest absolute Gasteiger partial charge is 0.254 e. The van der Waals surface area contributed by atoms with Gasteiger partial charge in [0.1, 0.15) is 5.82 Å². The fourth-order valence-electron chi connectivity index (χ4n) is 2.00. The predicted octanol–water partition coefficient (Wildman–Crippen LogP) is 3.17. The molecule has 0 saturated carbocycles. The van der Waals surface area contributed by atoms with E-state index in [1.165, 1.54) is 23.1 Å². The summed E-state index contributed by atoms with van der Waals surface area (Å²) in [5.41, 5.74) is 6.11. The Kier molecular flexibility index (Phi) is 4.39. The summed E-state index contributed by atoms with van der Waals surface area (Å²) in [5, 5.41) is 2.01. The highest BCUT2D eigenvalue weighted by atomic mass is 32.1. The number of carbonyl (C=O) groups excluding carboxylic acids is 1. The van der Waals surface area contributed by atoms with Gasteiger partial charge in [-0.2, -0.15) is 0 Å². The lowest BCUT2D eigenvalue weighted by molar-refractivity contribution is 0.0743. The van der Waals surface area contributed by atoms with Crippen LogP contribution in [0.25, 0.3) is 0 Å². The number of anilines is 1. The summed E-state index contributed by atoms with van der Waals surface area (Å²) in [4.78, 5) is 15.2. The van der Waals surface area contributed by atoms with Crippen LogP contribution in [-0.4, -0.2) is 23.9 Å². The third kappa shape index (κ3) is 3.36. The van der Waals surface area contributed by atoms with Gasteiger partial charge in [-0.05, 0) is 36.6 Å². The minimum Gasteiger partial charge on any atom is -0.399 e. The fourth-order valence-corrected chi connectivity index (χ4v) is 2.82. The average Bonchev–Trinajstić information content (AvgIpc) is 2.88. The van der Waals surface area contributed by atoms with Gasteiger partial charge in [0, 0.05) is 35.6 Å². The van der Waals surface area contributed by atoms with E-state index in [-0.39, 0.29) is 23.2 Å². The molecule has 0 radical (unpaired) electrons. The van der Waals surface area contributed by atoms with E-state index in [1.54, 1.807) is 23.3 Å². The van der Waals surface area contributed by atoms with E-state index in [0.717, 1.165) is 6.42 Å². The van der Waals surface area contributed by atoms with Gasteiger partial charge < -0.3 is 10.6 Å². The largest absolute Gasteiger partial charge is 0.399 e. The van der Waals surface area contributed by atoms with Gasteiger partial charge in [0.05, 0.1) is 0 Å². The summed E-state index contributed by atoms with van der Waals surface area (Å²) in [6.07, 6.45) is 0.782. The van der Waals surface area contributed by atoms with Gasteiger partial charge in [0.15, 0.2) is 0 Å². The minimum atomic E-state index is -0.493. The highest BCUT2D eigenvalue weighted by Crippen LogP contribution is 2.17. The van der Waals surface area contributed by atoms with Gasteiger partial charge in [0.25, 0.3) is 5.91 Å². The SMILES string of the molecule is CC(Cc1cccs1)N(C)C(=O)c1cc(N)cc(F)c1. The van der Waals surface area contributed by atoms with Crippen molar-refractivity contribution in [1.29, 1.82) is 0 Å². The molecule has 0 aliphatic heterocycles. The minimum absolute atomic E-state index is 0.0330. The maximum atomic E-state index is 13.3. The number of nitrogens with zero attached hydrogens (tertiary/aromatic N) is 1. The molecular weight excluding hydrogens is 275 g/mol. The molecule has 2 N–H and O–H groups in total. The van der Waals surface area contributed by atoms with Crippen LogP contribution in [0.5, 0.6) is 0 Å². The van der Waals surface area contributed by atoms with Crippen molar-refractivity contribution in [2.75, 3.05) is 12.8 Å². The van der Waals surface area contributed by atoms with Gasteiger partial charge in [-0.3, -0.25) is 4.79 Å². The Morgan fingerprint density at radius 2 is 2.20 bits per heavy atom. The Labute approximate surface area is 121 Å². The molecule has 1 amide bonds. The van der Waals surface area contributed by atoms with Crippen molar-refractivity contribution in [3.63, 3.8) is 0 Å². The third-order valence-corrected chi connectivity index (χ3v) is 4.12. The van der Waals surface area contributed by atoms with Crippen molar-refractivity contribution in [3.8, 4) is 0 Å². The number of benzene rings is 1. The standard InChI is InChI=1S/C15H17FN2OS/c1-10(6-14-4-3-5-20-14)18(2)15(19)11-7-12(16)9-13(17)8-11/h3-5,7-10H,6,17H2,1-2H3. The molecule has 1 aromatic heterocycles. The zero-order chi connectivity index (χ0) is 14.7. The maximum Gasteiger partial charge on any atom is 0.254 e. The lowest BCUT2D eigenvalue weighted by Crippen LogP contribution is -2.36. The molecule has 1 heterocycles. The number of likely N-dealkylation sites (N-methyl/N-ethyl adjacent to an activating group) is 1. The molecule has 0 fully saturated rings. The fraction of sp³-hybridized carbons (Fsp3) is 0.267. The van der Waals surface area contributed by atoms with E-state index in [1.807, 2.05) is 24.4 Å². The number of halogens is 1. The molecule has 1 aromatic carbocycles. The second kappa shape index (κ2) is 6.05. The van der Waals surface area contributed by atoms with E-state index < -0.39 is 5.82 Å². The van der Waals surface area contributed by atoms with Gasteiger partial charge in [-0.25, -0.2) is 4.39 Å². The Morgan fingerprint density at radius 1 is 1.45 bits per heavy atom. The van der Waals surface area contributed by atoms with E-state index in [0.29, 0.717) is 0 Å². The second-order valence-electron chi connectivity index (χ2n) is 4.82. The van der Waals surface area contributed by atoms with E-state index in [4.69, 9.17) is 5.73 Å². The zero-order valence-electron chi connectivity index (χ0n) is 11.5. The summed E-state index contributed by atoms with van der Waals surface area (Å²) in [5.74, 6) is -0.715. The molecule has 2 aromatic rings. The molecule has 3 nitrogen and oxygen atoms in total. The molecule has 5 heteroatoms. The van der Waals surface area contributed by atoms with Crippen LogP contribution in [0.15, 0.2) is 35.7 Å². The molecule has 0 spiro atoms. The highest BCUT2D eigenvalue weighted by molar-refractivity contribution is 7.09. The maximum absolute atomic E-state index is 13.3. The van der Waals surface area contributed by atoms with Crippen LogP contribution in [-0.2, 0) is 6.42 Å². The normalized spacial score (nSPS) is 12.2. The van der Waals surface area contributed by atoms with Gasteiger partial charge >= 0.3 is 0 Å². The number of nitrogen functional groups attached to an aromatic ring is 1. The molecular formula is C15H17FN2OS. The molecule has 1 unspecified atom stereocenters. The summed E-state index contributed by atoms with van der Waals surface area (Å²) in [6.45, 7) is 1.97. The molecule has 0 bridgehead atoms. The molecule has 1 atom stereocenters. The number of amides is 1. The van der Waals surface area contributed by atoms with Gasteiger partial charge in [-0.15, -0.1) is 11.3 Å². The monoisotopic (exact) mass is 292 g/mol. The van der Waals surface area contributed by atoms with E-state index in [9.17, 15) is 9.18 Å². The first kappa shape index (κ1) is 14.5. The van der Waals surface area contributed by atoms with Crippen molar-refractivity contribution in [2.24, 2.45) is 0 Å². The van der Waals surface area contributed by atoms with Crippen LogP contribution < -0.4 is 5.73 Å². The third-order valence-electron chi connectivity index (χ3n) is 3.23. The summed E-state index contributed by atoms with van der Waals surface area (Å²) in [6, 6.07) is 7.98. The van der Waals surface area contributed by atoms with Crippen LogP contribution in [0.4, 0.5) is 10.1 Å². The Hall–Kier alpha value is -1.88. The second-order valence-corrected chi connectivity index (χ2v) is 5.85. The van der Waals surface area contributed by atoms with Crippen LogP contribution in [0.3, 0.4) is 0 Å². The van der Waals surface area contributed by atoms with Gasteiger partial charge in [-0.1, -0.05) is 6.07 Å². The van der Waals surface area contributed by atoms with Crippen LogP contribution in [0.1, 0.15) is 22.2 Å². The first-order valence-electron chi connectivity index (χ1n) is 6.33. The highest BCUT2D eigenvalue weighted by Gasteiger charge is 2.19. The van der Waals surface area contributed by atoms with E-state index >= 15 is 0 Å². The number of carbonyl (C=O) groups is 1. The quantitative estimate of drug-likeness (QED) is 0.880. The lowest BCUT2D eigenvalue weighted by Gasteiger charge is -2.25. The summed E-state index contributed by atoms with van der Waals surface area (Å²) >= 11 is 1.66. The Morgan fingerprint density at radius 3 is 2.80 bits per heavy atom. The van der Waals surface area contributed by atoms with Crippen molar-refractivity contribution < 1.29 is 9.18 Å². The van der Waals surface area contributed by atoms with Gasteiger partial charge in [0.2, 0.25) is 0 Å². The van der Waals surface area contributed by atoms with E-state index in [2.05, 4.69) is 0 Å². The van der Waals surface area contributed by atoms with Crippen LogP contribution in [0, 0.1) is 5.82 Å². The topological polar surface area (TPSA) is 46.3 Å². The zero-order valence-corrected chi connectivity index (χ0v) is 12.3. The molecule has 20 heavy (non-hydrogen) atoms. The summed E-state index contributed by atoms with van der Waals surface area (Å²) in [7, 11) is 1.72. The number of nitrogens with two attached hydrogens (primary N) is 1. The first-order chi connectivity index (χ1) is 9.47. The van der Waals surface area contributed by atoms with Crippen LogP contribution in [0.2, 0.25) is 0 Å². The average molecular weight is 292 g/mol. The predicted molar refractivity (Wildman–Crippen MR) is 80.4 cm³/mol. The van der Waals surface area contributed by atoms with Crippen LogP contribution >= 0.6 is 11.3 Å². The Bertz CT molecular complexity index is 578. The number of hydrogen-bond donors (Lipinski definition) is 1.